The van der Waals surface area contributed by atoms with Gasteiger partial charge in [0.15, 0.2) is 11.6 Å². The van der Waals surface area contributed by atoms with Gasteiger partial charge in [-0.2, -0.15) is 4.99 Å². The number of nitrogens with one attached hydrogen (secondary N) is 2. The second-order valence-electron chi connectivity index (χ2n) is 7.32. The highest BCUT2D eigenvalue weighted by Gasteiger charge is 2.16. The van der Waals surface area contributed by atoms with Crippen LogP contribution < -0.4 is 22.1 Å². The van der Waals surface area contributed by atoms with Crippen LogP contribution in [0.25, 0.3) is 0 Å². The molecular weight excluding hydrogens is 474 g/mol. The zero-order chi connectivity index (χ0) is 24.8. The Balaban J connectivity index is 1.82. The molecule has 0 radical (unpaired) electrons. The number of hydrogen-bond donors (Lipinski definition) is 4. The minimum absolute atomic E-state index is 0.0800. The van der Waals surface area contributed by atoms with Crippen molar-refractivity contribution in [2.45, 2.75) is 18.6 Å². The second kappa shape index (κ2) is 11.1. The second-order valence-corrected chi connectivity index (χ2v) is 7.76. The quantitative estimate of drug-likeness (QED) is 0.175. The van der Waals surface area contributed by atoms with Gasteiger partial charge in [0.2, 0.25) is 5.96 Å². The Morgan fingerprint density at radius 2 is 1.62 bits per heavy atom. The predicted octanol–water partition coefficient (Wildman–Crippen LogP) is 4.47. The number of nitrogens with zero attached hydrogens (tertiary/aromatic N) is 1. The Kier molecular flexibility index (Phi) is 8.21. The van der Waals surface area contributed by atoms with Gasteiger partial charge in [-0.25, -0.2) is 17.6 Å². The van der Waals surface area contributed by atoms with Gasteiger partial charge in [-0.3, -0.25) is 4.79 Å². The number of guanidine groups is 1. The van der Waals surface area contributed by atoms with E-state index >= 15 is 0 Å². The van der Waals surface area contributed by atoms with Crippen LogP contribution in [0.1, 0.15) is 28.4 Å². The number of nitrogens with two attached hydrogens (primary N) is 2. The van der Waals surface area contributed by atoms with Crippen molar-refractivity contribution >= 4 is 29.2 Å². The van der Waals surface area contributed by atoms with Crippen LogP contribution in [0.15, 0.2) is 65.7 Å². The van der Waals surface area contributed by atoms with Crippen molar-refractivity contribution in [3.63, 3.8) is 0 Å². The number of benzene rings is 3. The Morgan fingerprint density at radius 1 is 0.912 bits per heavy atom. The monoisotopic (exact) mass is 493 g/mol. The Hall–Kier alpha value is -3.47. The van der Waals surface area contributed by atoms with Crippen molar-refractivity contribution in [1.82, 2.24) is 5.32 Å². The third-order valence-electron chi connectivity index (χ3n) is 4.63. The minimum atomic E-state index is -1.22. The number of halogens is 5. The molecule has 0 fully saturated rings. The van der Waals surface area contributed by atoms with Gasteiger partial charge < -0.3 is 22.1 Å². The summed E-state index contributed by atoms with van der Waals surface area (Å²) >= 11 is 5.87. The Labute approximate surface area is 197 Å². The summed E-state index contributed by atoms with van der Waals surface area (Å²) in [5.41, 5.74) is 12.8. The number of carbonyl (C=O) groups excluding carboxylic acids is 1. The minimum Gasteiger partial charge on any atom is -0.341 e. The molecule has 0 aliphatic heterocycles. The van der Waals surface area contributed by atoms with Gasteiger partial charge in [0.1, 0.15) is 11.6 Å². The van der Waals surface area contributed by atoms with Crippen LogP contribution in [-0.2, 0) is 0 Å². The Morgan fingerprint density at radius 3 is 2.26 bits per heavy atom. The molecule has 0 bridgehead atoms. The molecule has 3 aromatic carbocycles. The molecule has 0 aliphatic rings. The largest absolute Gasteiger partial charge is 0.341 e. The summed E-state index contributed by atoms with van der Waals surface area (Å²) in [6.07, 6.45) is -0.733. The molecule has 3 rings (SSSR count). The third kappa shape index (κ3) is 7.01. The topological polar surface area (TPSA) is 106 Å². The third-order valence-corrected chi connectivity index (χ3v) is 4.85. The molecule has 0 aromatic heterocycles. The first-order chi connectivity index (χ1) is 16.1. The normalized spacial score (nSPS) is 13.3. The number of hydrogen-bond acceptors (Lipinski definition) is 3. The summed E-state index contributed by atoms with van der Waals surface area (Å²) in [6.45, 7) is 0. The van der Waals surface area contributed by atoms with E-state index in [2.05, 4.69) is 15.6 Å². The molecule has 0 spiro atoms. The number of anilines is 1. The van der Waals surface area contributed by atoms with Gasteiger partial charge >= 0.3 is 0 Å². The van der Waals surface area contributed by atoms with Crippen molar-refractivity contribution < 1.29 is 22.4 Å². The molecule has 6 nitrogen and oxygen atoms in total. The molecule has 2 atom stereocenters. The van der Waals surface area contributed by atoms with Gasteiger partial charge in [-0.05, 0) is 60.5 Å². The van der Waals surface area contributed by atoms with E-state index in [0.717, 1.165) is 24.3 Å². The lowest BCUT2D eigenvalue weighted by molar-refractivity contribution is 0.100. The SMILES string of the molecule is NC(CC(N)c1ccc(F)cc1)N/C(=N\C(=O)c1ccc(F)c(F)c1)Nc1cc(F)cc(Cl)c1. The van der Waals surface area contributed by atoms with E-state index in [1.54, 1.807) is 0 Å². The number of rotatable bonds is 6. The molecule has 0 aliphatic carbocycles. The lowest BCUT2D eigenvalue weighted by Gasteiger charge is -2.21. The number of amides is 1. The van der Waals surface area contributed by atoms with Crippen molar-refractivity contribution in [1.29, 1.82) is 0 Å². The molecule has 1 amide bonds. The van der Waals surface area contributed by atoms with Crippen molar-refractivity contribution in [3.05, 3.63) is 100 Å². The summed E-state index contributed by atoms with van der Waals surface area (Å²) in [5.74, 6) is -4.54. The van der Waals surface area contributed by atoms with Crippen LogP contribution in [0.5, 0.6) is 0 Å². The zero-order valence-corrected chi connectivity index (χ0v) is 18.3. The van der Waals surface area contributed by atoms with E-state index in [1.807, 2.05) is 0 Å². The molecule has 11 heteroatoms. The summed E-state index contributed by atoms with van der Waals surface area (Å²) in [6, 6.07) is 11.1. The van der Waals surface area contributed by atoms with Crippen LogP contribution in [0.4, 0.5) is 23.2 Å². The molecule has 2 unspecified atom stereocenters. The standard InChI is InChI=1S/C23H20ClF4N5O/c24-14-8-16(26)10-17(9-14)31-23(33-22(34)13-3-6-18(27)19(28)7-13)32-21(30)11-20(29)12-1-4-15(25)5-2-12/h1-10,20-21H,11,29-30H2,(H2,31,32,33,34). The maximum atomic E-state index is 13.7. The van der Waals surface area contributed by atoms with E-state index in [1.165, 1.54) is 30.3 Å². The highest BCUT2D eigenvalue weighted by Crippen LogP contribution is 2.19. The molecule has 3 aromatic rings. The molecular formula is C23H20ClF4N5O. The summed E-state index contributed by atoms with van der Waals surface area (Å²) in [5, 5.41) is 5.53. The predicted molar refractivity (Wildman–Crippen MR) is 122 cm³/mol. The van der Waals surface area contributed by atoms with Crippen molar-refractivity contribution in [3.8, 4) is 0 Å². The highest BCUT2D eigenvalue weighted by molar-refractivity contribution is 6.31. The van der Waals surface area contributed by atoms with Crippen LogP contribution in [-0.4, -0.2) is 18.0 Å². The molecule has 0 saturated carbocycles. The summed E-state index contributed by atoms with van der Waals surface area (Å²) < 4.78 is 53.6. The smallest absolute Gasteiger partial charge is 0.280 e. The molecule has 34 heavy (non-hydrogen) atoms. The number of carbonyl (C=O) groups is 1. The van der Waals surface area contributed by atoms with Crippen LogP contribution >= 0.6 is 11.6 Å². The maximum absolute atomic E-state index is 13.7. The van der Waals surface area contributed by atoms with E-state index in [9.17, 15) is 22.4 Å². The Bertz CT molecular complexity index is 1190. The maximum Gasteiger partial charge on any atom is 0.280 e. The van der Waals surface area contributed by atoms with Crippen LogP contribution in [0.2, 0.25) is 5.02 Å². The first kappa shape index (κ1) is 25.2. The first-order valence-electron chi connectivity index (χ1n) is 9.95. The van der Waals surface area contributed by atoms with Crippen LogP contribution in [0, 0.1) is 23.3 Å². The fourth-order valence-electron chi connectivity index (χ4n) is 3.01. The van der Waals surface area contributed by atoms with Crippen molar-refractivity contribution in [2.75, 3.05) is 5.32 Å². The van der Waals surface area contributed by atoms with E-state index < -0.39 is 41.4 Å². The van der Waals surface area contributed by atoms with E-state index in [0.29, 0.717) is 11.6 Å². The van der Waals surface area contributed by atoms with Crippen molar-refractivity contribution in [2.24, 2.45) is 16.5 Å². The first-order valence-corrected chi connectivity index (χ1v) is 10.3. The van der Waals surface area contributed by atoms with Gasteiger partial charge in [-0.1, -0.05) is 23.7 Å². The van der Waals surface area contributed by atoms with E-state index in [-0.39, 0.29) is 28.7 Å². The van der Waals surface area contributed by atoms with E-state index in [4.69, 9.17) is 23.1 Å². The lowest BCUT2D eigenvalue weighted by Crippen LogP contribution is -2.46. The average molecular weight is 494 g/mol. The molecule has 6 N–H and O–H groups in total. The van der Waals surface area contributed by atoms with Gasteiger partial charge in [0.25, 0.3) is 5.91 Å². The molecule has 178 valence electrons. The molecule has 0 heterocycles. The fourth-order valence-corrected chi connectivity index (χ4v) is 3.23. The fraction of sp³-hybridized carbons (Fsp3) is 0.130. The van der Waals surface area contributed by atoms with Gasteiger partial charge in [0, 0.05) is 22.3 Å². The van der Waals surface area contributed by atoms with Gasteiger partial charge in [-0.15, -0.1) is 0 Å². The average Bonchev–Trinajstić information content (AvgIpc) is 2.75. The van der Waals surface area contributed by atoms with Gasteiger partial charge in [0.05, 0.1) is 6.17 Å². The highest BCUT2D eigenvalue weighted by atomic mass is 35.5. The summed E-state index contributed by atoms with van der Waals surface area (Å²) in [4.78, 5) is 16.4. The zero-order valence-electron chi connectivity index (χ0n) is 17.5. The summed E-state index contributed by atoms with van der Waals surface area (Å²) in [7, 11) is 0. The molecule has 0 saturated heterocycles. The lowest BCUT2D eigenvalue weighted by atomic mass is 10.0. The number of aliphatic imine (C=N–C) groups is 1. The van der Waals surface area contributed by atoms with Crippen LogP contribution in [0.3, 0.4) is 0 Å².